The van der Waals surface area contributed by atoms with Crippen LogP contribution in [0.2, 0.25) is 0 Å². The number of rotatable bonds is 5. The molecular weight excluding hydrogens is 739 g/mol. The molecule has 0 N–H and O–H groups in total. The molecule has 0 fully saturated rings. The summed E-state index contributed by atoms with van der Waals surface area (Å²) < 4.78 is 7.01. The minimum atomic E-state index is -0.461. The molecule has 2 heteroatoms. The van der Waals surface area contributed by atoms with Gasteiger partial charge in [-0.3, -0.25) is 0 Å². The predicted molar refractivity (Wildman–Crippen MR) is 253 cm³/mol. The summed E-state index contributed by atoms with van der Waals surface area (Å²) in [6, 6.07) is 82.2. The van der Waals surface area contributed by atoms with Crippen LogP contribution in [-0.4, -0.2) is 0 Å². The summed E-state index contributed by atoms with van der Waals surface area (Å²) in [5.74, 6) is 0. The molecular formula is C59H37NO. The smallest absolute Gasteiger partial charge is 0.143 e. The lowest BCUT2D eigenvalue weighted by molar-refractivity contribution is 0.673. The summed E-state index contributed by atoms with van der Waals surface area (Å²) in [5, 5.41) is 4.52. The fourth-order valence-electron chi connectivity index (χ4n) is 10.7. The molecule has 61 heavy (non-hydrogen) atoms. The highest BCUT2D eigenvalue weighted by atomic mass is 16.3. The predicted octanol–water partition coefficient (Wildman–Crippen LogP) is 15.9. The van der Waals surface area contributed by atoms with Crippen LogP contribution in [0.25, 0.3) is 77.2 Å². The Bertz CT molecular complexity index is 3460. The zero-order valence-electron chi connectivity index (χ0n) is 33.2. The standard InChI is InChI=1S/C59H37NO/c1-3-15-38(16-4-1)39-27-30-42(31-28-39)60(44-35-51(40-17-5-2-6-18-40)57-50-33-29-41-19-7-8-20-45(41)58(50)61-56(57)37-44)43-32-34-49-48-23-11-14-26-54(48)59(55(49)36-43)52-24-12-9-21-46(52)47-22-10-13-25-53(47)59/h1-37H. The van der Waals surface area contributed by atoms with Gasteiger partial charge in [-0.1, -0.05) is 182 Å². The second-order valence-electron chi connectivity index (χ2n) is 16.4. The first-order valence-corrected chi connectivity index (χ1v) is 21.1. The number of nitrogens with zero attached hydrogens (tertiary/aromatic N) is 1. The zero-order chi connectivity index (χ0) is 40.1. The molecule has 13 rings (SSSR count). The lowest BCUT2D eigenvalue weighted by Crippen LogP contribution is -2.26. The fourth-order valence-corrected chi connectivity index (χ4v) is 10.7. The third-order valence-electron chi connectivity index (χ3n) is 13.3. The largest absolute Gasteiger partial charge is 0.455 e. The normalized spacial score (nSPS) is 13.0. The Hall–Kier alpha value is -7.94. The van der Waals surface area contributed by atoms with Crippen LogP contribution in [0, 0.1) is 0 Å². The molecule has 2 nitrogen and oxygen atoms in total. The topological polar surface area (TPSA) is 16.4 Å². The van der Waals surface area contributed by atoms with Crippen molar-refractivity contribution in [2.75, 3.05) is 4.90 Å². The van der Waals surface area contributed by atoms with Crippen molar-refractivity contribution in [3.63, 3.8) is 0 Å². The summed E-state index contributed by atoms with van der Waals surface area (Å²) in [7, 11) is 0. The van der Waals surface area contributed by atoms with E-state index >= 15 is 0 Å². The Morgan fingerprint density at radius 1 is 0.328 bits per heavy atom. The maximum Gasteiger partial charge on any atom is 0.143 e. The van der Waals surface area contributed by atoms with Crippen LogP contribution in [0.3, 0.4) is 0 Å². The fraction of sp³-hybridized carbons (Fsp3) is 0.0169. The van der Waals surface area contributed by atoms with Crippen LogP contribution in [-0.2, 0) is 5.41 Å². The van der Waals surface area contributed by atoms with E-state index < -0.39 is 5.41 Å². The molecule has 2 aliphatic rings. The van der Waals surface area contributed by atoms with Crippen molar-refractivity contribution < 1.29 is 4.42 Å². The minimum absolute atomic E-state index is 0.461. The average Bonchev–Trinajstić information content (AvgIpc) is 3.96. The molecule has 0 atom stereocenters. The van der Waals surface area contributed by atoms with E-state index in [9.17, 15) is 0 Å². The van der Waals surface area contributed by atoms with Crippen LogP contribution in [0.15, 0.2) is 229 Å². The van der Waals surface area contributed by atoms with Crippen LogP contribution in [0.5, 0.6) is 0 Å². The van der Waals surface area contributed by atoms with Crippen molar-refractivity contribution >= 4 is 49.8 Å². The first kappa shape index (κ1) is 34.0. The van der Waals surface area contributed by atoms with Crippen LogP contribution < -0.4 is 4.90 Å². The van der Waals surface area contributed by atoms with Crippen LogP contribution in [0.4, 0.5) is 17.1 Å². The Morgan fingerprint density at radius 2 is 0.869 bits per heavy atom. The van der Waals surface area contributed by atoms with Gasteiger partial charge in [-0.15, -0.1) is 0 Å². The zero-order valence-corrected chi connectivity index (χ0v) is 33.2. The summed E-state index contributed by atoms with van der Waals surface area (Å²) in [6.07, 6.45) is 0. The Kier molecular flexibility index (Phi) is 7.26. The van der Waals surface area contributed by atoms with E-state index in [4.69, 9.17) is 4.42 Å². The molecule has 0 radical (unpaired) electrons. The second-order valence-corrected chi connectivity index (χ2v) is 16.4. The SMILES string of the molecule is c1ccc(-c2ccc(N(c3ccc4c(c3)C3(c5ccccc5-c5ccccc53)c3ccccc3-4)c3cc(-c4ccccc4)c4c(c3)oc3c5ccccc5ccc34)cc2)cc1. The van der Waals surface area contributed by atoms with Crippen molar-refractivity contribution in [3.05, 3.63) is 247 Å². The van der Waals surface area contributed by atoms with E-state index in [-0.39, 0.29) is 0 Å². The Balaban J connectivity index is 1.10. The minimum Gasteiger partial charge on any atom is -0.455 e. The van der Waals surface area contributed by atoms with Gasteiger partial charge in [-0.25, -0.2) is 0 Å². The molecule has 2 aliphatic carbocycles. The number of fused-ring (bicyclic) bond motifs is 15. The highest BCUT2D eigenvalue weighted by Gasteiger charge is 2.51. The third-order valence-corrected chi connectivity index (χ3v) is 13.3. The quantitative estimate of drug-likeness (QED) is 0.173. The highest BCUT2D eigenvalue weighted by Crippen LogP contribution is 2.63. The average molecular weight is 776 g/mol. The number of benzene rings is 10. The molecule has 1 spiro atoms. The van der Waals surface area contributed by atoms with E-state index in [1.54, 1.807) is 0 Å². The van der Waals surface area contributed by atoms with Gasteiger partial charge in [0.1, 0.15) is 11.2 Å². The second kappa shape index (κ2) is 13.0. The van der Waals surface area contributed by atoms with Crippen molar-refractivity contribution in [1.29, 1.82) is 0 Å². The maximum atomic E-state index is 7.01. The van der Waals surface area contributed by atoms with Gasteiger partial charge in [-0.05, 0) is 109 Å². The molecule has 0 bridgehead atoms. The Morgan fingerprint density at radius 3 is 1.54 bits per heavy atom. The van der Waals surface area contributed by atoms with Gasteiger partial charge >= 0.3 is 0 Å². The highest BCUT2D eigenvalue weighted by molar-refractivity contribution is 6.20. The van der Waals surface area contributed by atoms with E-state index in [0.717, 1.165) is 55.5 Å². The van der Waals surface area contributed by atoms with E-state index in [1.807, 2.05) is 0 Å². The number of anilines is 3. The van der Waals surface area contributed by atoms with Gasteiger partial charge in [0.25, 0.3) is 0 Å². The van der Waals surface area contributed by atoms with Crippen LogP contribution in [0.1, 0.15) is 22.3 Å². The summed E-state index contributed by atoms with van der Waals surface area (Å²) in [6.45, 7) is 0. The Labute approximate surface area is 354 Å². The molecule has 1 aromatic heterocycles. The number of furan rings is 1. The van der Waals surface area contributed by atoms with E-state index in [0.29, 0.717) is 0 Å². The van der Waals surface area contributed by atoms with Crippen molar-refractivity contribution in [2.24, 2.45) is 0 Å². The molecule has 0 saturated heterocycles. The third kappa shape index (κ3) is 4.85. The van der Waals surface area contributed by atoms with Crippen molar-refractivity contribution in [3.8, 4) is 44.5 Å². The van der Waals surface area contributed by atoms with Gasteiger partial charge in [0, 0.05) is 33.6 Å². The lowest BCUT2D eigenvalue weighted by atomic mass is 9.70. The summed E-state index contributed by atoms with van der Waals surface area (Å²) >= 11 is 0. The molecule has 284 valence electrons. The molecule has 0 amide bonds. The van der Waals surface area contributed by atoms with Gasteiger partial charge in [0.05, 0.1) is 11.1 Å². The molecule has 0 aliphatic heterocycles. The van der Waals surface area contributed by atoms with Gasteiger partial charge < -0.3 is 9.32 Å². The summed E-state index contributed by atoms with van der Waals surface area (Å²) in [4.78, 5) is 2.43. The first-order valence-electron chi connectivity index (χ1n) is 21.1. The van der Waals surface area contributed by atoms with E-state index in [1.165, 1.54) is 61.0 Å². The number of hydrogen-bond acceptors (Lipinski definition) is 2. The molecule has 11 aromatic rings. The van der Waals surface area contributed by atoms with Crippen LogP contribution >= 0.6 is 0 Å². The lowest BCUT2D eigenvalue weighted by Gasteiger charge is -2.32. The number of hydrogen-bond donors (Lipinski definition) is 0. The molecule has 0 saturated carbocycles. The van der Waals surface area contributed by atoms with Crippen molar-refractivity contribution in [2.45, 2.75) is 5.41 Å². The first-order chi connectivity index (χ1) is 30.3. The monoisotopic (exact) mass is 775 g/mol. The van der Waals surface area contributed by atoms with E-state index in [2.05, 4.69) is 229 Å². The van der Waals surface area contributed by atoms with Crippen molar-refractivity contribution in [1.82, 2.24) is 0 Å². The molecule has 10 aromatic carbocycles. The maximum absolute atomic E-state index is 7.01. The van der Waals surface area contributed by atoms with Gasteiger partial charge in [0.15, 0.2) is 0 Å². The molecule has 0 unspecified atom stereocenters. The summed E-state index contributed by atoms with van der Waals surface area (Å²) in [5.41, 5.74) is 19.6. The molecule has 1 heterocycles. The van der Waals surface area contributed by atoms with Gasteiger partial charge in [-0.2, -0.15) is 0 Å². The van der Waals surface area contributed by atoms with Gasteiger partial charge in [0.2, 0.25) is 0 Å².